The zero-order chi connectivity index (χ0) is 19.9. The van der Waals surface area contributed by atoms with Gasteiger partial charge in [0.05, 0.1) is 11.9 Å². The first-order chi connectivity index (χ1) is 13.5. The lowest BCUT2D eigenvalue weighted by molar-refractivity contribution is -0.131. The minimum absolute atomic E-state index is 0.0190. The van der Waals surface area contributed by atoms with Gasteiger partial charge in [0.25, 0.3) is 5.91 Å². The van der Waals surface area contributed by atoms with Crippen molar-refractivity contribution in [2.24, 2.45) is 0 Å². The number of hydrogen-bond acceptors (Lipinski definition) is 4. The zero-order valence-electron chi connectivity index (χ0n) is 16.0. The van der Waals surface area contributed by atoms with Crippen LogP contribution in [0.4, 0.5) is 4.39 Å². The predicted molar refractivity (Wildman–Crippen MR) is 103 cm³/mol. The molecule has 0 radical (unpaired) electrons. The minimum atomic E-state index is -0.271. The largest absolute Gasteiger partial charge is 0.348 e. The van der Waals surface area contributed by atoms with Gasteiger partial charge in [0.1, 0.15) is 11.5 Å². The van der Waals surface area contributed by atoms with E-state index in [2.05, 4.69) is 15.3 Å². The third-order valence-electron chi connectivity index (χ3n) is 4.97. The Morgan fingerprint density at radius 2 is 1.93 bits per heavy atom. The SMILES string of the molecule is Cc1cnc(C(=O)N[C@H]2CCCN(C(=O)CCc3ccc(F)cc3)CC2)cn1. The van der Waals surface area contributed by atoms with E-state index < -0.39 is 0 Å². The Morgan fingerprint density at radius 1 is 1.14 bits per heavy atom. The molecule has 1 fully saturated rings. The molecule has 1 aromatic heterocycles. The van der Waals surface area contributed by atoms with Gasteiger partial charge in [-0.1, -0.05) is 12.1 Å². The highest BCUT2D eigenvalue weighted by Crippen LogP contribution is 2.14. The van der Waals surface area contributed by atoms with Crippen molar-refractivity contribution in [3.8, 4) is 0 Å². The van der Waals surface area contributed by atoms with E-state index in [-0.39, 0.29) is 23.7 Å². The number of benzene rings is 1. The number of hydrogen-bond donors (Lipinski definition) is 1. The maximum atomic E-state index is 13.0. The molecule has 0 saturated carbocycles. The molecule has 1 atom stereocenters. The summed E-state index contributed by atoms with van der Waals surface area (Å²) in [4.78, 5) is 34.9. The van der Waals surface area contributed by atoms with Gasteiger partial charge in [0.15, 0.2) is 0 Å². The number of carbonyl (C=O) groups excluding carboxylic acids is 2. The summed E-state index contributed by atoms with van der Waals surface area (Å²) >= 11 is 0. The van der Waals surface area contributed by atoms with Crippen molar-refractivity contribution in [1.29, 1.82) is 0 Å². The van der Waals surface area contributed by atoms with Gasteiger partial charge < -0.3 is 10.2 Å². The normalized spacial score (nSPS) is 17.1. The van der Waals surface area contributed by atoms with Crippen molar-refractivity contribution in [2.45, 2.75) is 45.1 Å². The Morgan fingerprint density at radius 3 is 2.64 bits per heavy atom. The van der Waals surface area contributed by atoms with Gasteiger partial charge in [0.2, 0.25) is 5.91 Å². The quantitative estimate of drug-likeness (QED) is 0.860. The van der Waals surface area contributed by atoms with Crippen molar-refractivity contribution in [2.75, 3.05) is 13.1 Å². The van der Waals surface area contributed by atoms with Crippen LogP contribution in [0.25, 0.3) is 0 Å². The van der Waals surface area contributed by atoms with Crippen molar-refractivity contribution in [3.05, 3.63) is 59.4 Å². The number of aromatic nitrogens is 2. The van der Waals surface area contributed by atoms with Crippen molar-refractivity contribution in [1.82, 2.24) is 20.2 Å². The van der Waals surface area contributed by atoms with E-state index in [1.807, 2.05) is 11.8 Å². The summed E-state index contributed by atoms with van der Waals surface area (Å²) < 4.78 is 13.0. The molecule has 0 spiro atoms. The molecule has 2 aromatic rings. The Hall–Kier alpha value is -2.83. The van der Waals surface area contributed by atoms with E-state index in [1.165, 1.54) is 18.3 Å². The molecule has 148 valence electrons. The molecule has 2 heterocycles. The summed E-state index contributed by atoms with van der Waals surface area (Å²) in [6.45, 7) is 3.13. The lowest BCUT2D eigenvalue weighted by atomic mass is 10.1. The lowest BCUT2D eigenvalue weighted by Gasteiger charge is -2.21. The number of rotatable bonds is 5. The molecule has 0 unspecified atom stereocenters. The highest BCUT2D eigenvalue weighted by atomic mass is 19.1. The predicted octanol–water partition coefficient (Wildman–Crippen LogP) is 2.67. The van der Waals surface area contributed by atoms with Crippen LogP contribution in [0.15, 0.2) is 36.7 Å². The molecule has 0 bridgehead atoms. The first-order valence-corrected chi connectivity index (χ1v) is 9.63. The Labute approximate surface area is 164 Å². The molecule has 1 saturated heterocycles. The lowest BCUT2D eigenvalue weighted by Crippen LogP contribution is -2.37. The van der Waals surface area contributed by atoms with Gasteiger partial charge in [-0.3, -0.25) is 14.6 Å². The number of aryl methyl sites for hydroxylation is 2. The van der Waals surface area contributed by atoms with Crippen LogP contribution in [0, 0.1) is 12.7 Å². The number of halogens is 1. The fourth-order valence-electron chi connectivity index (χ4n) is 3.32. The molecule has 7 heteroatoms. The molecule has 1 aromatic carbocycles. The van der Waals surface area contributed by atoms with Crippen molar-refractivity contribution >= 4 is 11.8 Å². The number of carbonyl (C=O) groups is 2. The third-order valence-corrected chi connectivity index (χ3v) is 4.97. The summed E-state index contributed by atoms with van der Waals surface area (Å²) in [7, 11) is 0. The summed E-state index contributed by atoms with van der Waals surface area (Å²) in [6, 6.07) is 6.27. The molecule has 3 rings (SSSR count). The van der Waals surface area contributed by atoms with Gasteiger partial charge >= 0.3 is 0 Å². The molecule has 0 aliphatic carbocycles. The minimum Gasteiger partial charge on any atom is -0.348 e. The average molecular weight is 384 g/mol. The van der Waals surface area contributed by atoms with Crippen LogP contribution in [0.5, 0.6) is 0 Å². The highest BCUT2D eigenvalue weighted by molar-refractivity contribution is 5.92. The van der Waals surface area contributed by atoms with Gasteiger partial charge in [-0.25, -0.2) is 9.37 Å². The molecular formula is C21H25FN4O2. The molecule has 1 aliphatic rings. The van der Waals surface area contributed by atoms with Gasteiger partial charge in [-0.2, -0.15) is 0 Å². The van der Waals surface area contributed by atoms with Gasteiger partial charge in [-0.15, -0.1) is 0 Å². The Kier molecular flexibility index (Phi) is 6.68. The number of nitrogens with zero attached hydrogens (tertiary/aromatic N) is 3. The van der Waals surface area contributed by atoms with Crippen LogP contribution >= 0.6 is 0 Å². The van der Waals surface area contributed by atoms with E-state index in [1.54, 1.807) is 18.3 Å². The molecule has 1 aliphatic heterocycles. The second-order valence-electron chi connectivity index (χ2n) is 7.15. The molecular weight excluding hydrogens is 359 g/mol. The Balaban J connectivity index is 1.47. The summed E-state index contributed by atoms with van der Waals surface area (Å²) in [6.07, 6.45) is 6.44. The van der Waals surface area contributed by atoms with Gasteiger partial charge in [-0.05, 0) is 50.3 Å². The summed E-state index contributed by atoms with van der Waals surface area (Å²) in [5.74, 6) is -0.401. The van der Waals surface area contributed by atoms with E-state index in [0.717, 1.165) is 24.1 Å². The fourth-order valence-corrected chi connectivity index (χ4v) is 3.32. The first kappa shape index (κ1) is 19.9. The van der Waals surface area contributed by atoms with E-state index >= 15 is 0 Å². The number of likely N-dealkylation sites (tertiary alicyclic amines) is 1. The van der Waals surface area contributed by atoms with Crippen LogP contribution in [0.1, 0.15) is 47.4 Å². The number of nitrogens with one attached hydrogen (secondary N) is 1. The van der Waals surface area contributed by atoms with Crippen molar-refractivity contribution < 1.29 is 14.0 Å². The Bertz CT molecular complexity index is 808. The first-order valence-electron chi connectivity index (χ1n) is 9.63. The third kappa shape index (κ3) is 5.58. The maximum Gasteiger partial charge on any atom is 0.271 e. The van der Waals surface area contributed by atoms with Crippen molar-refractivity contribution in [3.63, 3.8) is 0 Å². The van der Waals surface area contributed by atoms with Crippen LogP contribution < -0.4 is 5.32 Å². The molecule has 2 amide bonds. The van der Waals surface area contributed by atoms with E-state index in [9.17, 15) is 14.0 Å². The zero-order valence-corrected chi connectivity index (χ0v) is 16.0. The van der Waals surface area contributed by atoms with Crippen LogP contribution in [0.2, 0.25) is 0 Å². The second-order valence-corrected chi connectivity index (χ2v) is 7.15. The fraction of sp³-hybridized carbons (Fsp3) is 0.429. The monoisotopic (exact) mass is 384 g/mol. The van der Waals surface area contributed by atoms with Crippen LogP contribution in [-0.2, 0) is 11.2 Å². The maximum absolute atomic E-state index is 13.0. The smallest absolute Gasteiger partial charge is 0.271 e. The molecule has 1 N–H and O–H groups in total. The van der Waals surface area contributed by atoms with Crippen LogP contribution in [0.3, 0.4) is 0 Å². The topological polar surface area (TPSA) is 75.2 Å². The molecule has 28 heavy (non-hydrogen) atoms. The van der Waals surface area contributed by atoms with Crippen LogP contribution in [-0.4, -0.2) is 45.8 Å². The second kappa shape index (κ2) is 9.39. The standard InChI is InChI=1S/C21H25FN4O2/c1-15-13-24-19(14-23-15)21(28)25-18-3-2-11-26(12-10-18)20(27)9-6-16-4-7-17(22)8-5-16/h4-5,7-8,13-14,18H,2-3,6,9-12H2,1H3,(H,25,28)/t18-/m0/s1. The summed E-state index contributed by atoms with van der Waals surface area (Å²) in [5, 5.41) is 3.00. The summed E-state index contributed by atoms with van der Waals surface area (Å²) in [5.41, 5.74) is 2.02. The average Bonchev–Trinajstić information content (AvgIpc) is 2.93. The number of amides is 2. The molecule has 6 nitrogen and oxygen atoms in total. The highest BCUT2D eigenvalue weighted by Gasteiger charge is 2.22. The van der Waals surface area contributed by atoms with Gasteiger partial charge in [0, 0.05) is 31.7 Å². The van der Waals surface area contributed by atoms with E-state index in [4.69, 9.17) is 0 Å². The van der Waals surface area contributed by atoms with E-state index in [0.29, 0.717) is 38.0 Å².